The molecule has 2 aromatic rings. The zero-order chi connectivity index (χ0) is 25.8. The summed E-state index contributed by atoms with van der Waals surface area (Å²) in [4.78, 5) is 15.2. The topological polar surface area (TPSA) is 102 Å². The first-order chi connectivity index (χ1) is 16.5. The van der Waals surface area contributed by atoms with E-state index in [4.69, 9.17) is 37.4 Å². The van der Waals surface area contributed by atoms with Crippen LogP contribution in [0.5, 0.6) is 17.2 Å². The normalized spacial score (nSPS) is 18.5. The van der Waals surface area contributed by atoms with Crippen molar-refractivity contribution in [1.29, 1.82) is 0 Å². The number of carbonyl (C=O) groups is 1. The van der Waals surface area contributed by atoms with Crippen molar-refractivity contribution in [2.24, 2.45) is 0 Å². The number of hydrogen-bond donors (Lipinski definition) is 1. The van der Waals surface area contributed by atoms with Crippen molar-refractivity contribution in [3.05, 3.63) is 51.5 Å². The van der Waals surface area contributed by atoms with Crippen LogP contribution in [0, 0.1) is 0 Å². The van der Waals surface area contributed by atoms with Crippen LogP contribution in [0.3, 0.4) is 0 Å². The molecule has 35 heavy (non-hydrogen) atoms. The zero-order valence-electron chi connectivity index (χ0n) is 19.8. The van der Waals surface area contributed by atoms with E-state index in [-0.39, 0.29) is 24.5 Å². The maximum absolute atomic E-state index is 13.2. The van der Waals surface area contributed by atoms with Gasteiger partial charge in [-0.25, -0.2) is 0 Å². The Morgan fingerprint density at radius 3 is 2.26 bits per heavy atom. The summed E-state index contributed by atoms with van der Waals surface area (Å²) in [7, 11) is 0.401. The van der Waals surface area contributed by atoms with E-state index in [0.717, 1.165) is 5.56 Å². The minimum atomic E-state index is -4.08. The van der Waals surface area contributed by atoms with Crippen molar-refractivity contribution >= 4 is 39.1 Å². The molecular formula is C24H29Cl2NO7S. The molecule has 1 atom stereocenters. The molecule has 1 aliphatic heterocycles. The standard InChI is InChI=1S/C24H29Cl2NO7S/c1-32-21-11-16(12-22(33-2)23(21)34-3)20(28)14-27-9-8-24(15-27,7-4-10-35(29,30)31)17-5-6-18(25)19(26)13-17/h5-6,11-13H,4,7-10,14-15H2,1-3H3,(H,29,30,31). The van der Waals surface area contributed by atoms with E-state index in [1.54, 1.807) is 24.3 Å². The van der Waals surface area contributed by atoms with Crippen LogP contribution in [0.1, 0.15) is 35.2 Å². The van der Waals surface area contributed by atoms with Crippen molar-refractivity contribution in [2.75, 3.05) is 46.7 Å². The number of benzene rings is 2. The Bertz CT molecular complexity index is 1160. The number of rotatable bonds is 11. The number of nitrogens with zero attached hydrogens (tertiary/aromatic N) is 1. The lowest BCUT2D eigenvalue weighted by Crippen LogP contribution is -2.34. The molecule has 0 bridgehead atoms. The van der Waals surface area contributed by atoms with Crippen molar-refractivity contribution in [2.45, 2.75) is 24.7 Å². The fourth-order valence-corrected chi connectivity index (χ4v) is 5.44. The predicted molar refractivity (Wildman–Crippen MR) is 135 cm³/mol. The van der Waals surface area contributed by atoms with E-state index in [2.05, 4.69) is 0 Å². The van der Waals surface area contributed by atoms with Gasteiger partial charge >= 0.3 is 0 Å². The van der Waals surface area contributed by atoms with Gasteiger partial charge in [0.05, 0.1) is 43.7 Å². The van der Waals surface area contributed by atoms with Crippen LogP contribution in [0.2, 0.25) is 10.0 Å². The fraction of sp³-hybridized carbons (Fsp3) is 0.458. The van der Waals surface area contributed by atoms with E-state index in [9.17, 15) is 17.8 Å². The smallest absolute Gasteiger partial charge is 0.264 e. The van der Waals surface area contributed by atoms with E-state index >= 15 is 0 Å². The van der Waals surface area contributed by atoms with Crippen LogP contribution in [-0.2, 0) is 15.5 Å². The Hall–Kier alpha value is -2.04. The molecule has 0 aromatic heterocycles. The quantitative estimate of drug-likeness (QED) is 0.325. The van der Waals surface area contributed by atoms with E-state index < -0.39 is 15.5 Å². The monoisotopic (exact) mass is 545 g/mol. The lowest BCUT2D eigenvalue weighted by atomic mass is 9.76. The molecule has 1 aliphatic rings. The molecule has 0 radical (unpaired) electrons. The Morgan fingerprint density at radius 2 is 1.71 bits per heavy atom. The Kier molecular flexibility index (Phi) is 8.93. The van der Waals surface area contributed by atoms with Gasteiger partial charge in [0.2, 0.25) is 5.75 Å². The van der Waals surface area contributed by atoms with Crippen molar-refractivity contribution in [3.63, 3.8) is 0 Å². The van der Waals surface area contributed by atoms with Gasteiger partial charge in [0, 0.05) is 17.5 Å². The summed E-state index contributed by atoms with van der Waals surface area (Å²) in [6.07, 6.45) is 1.46. The molecule has 1 saturated heterocycles. The van der Waals surface area contributed by atoms with Gasteiger partial charge in [-0.15, -0.1) is 0 Å². The highest BCUT2D eigenvalue weighted by Gasteiger charge is 2.40. The SMILES string of the molecule is COc1cc(C(=O)CN2CCC(CCCS(=O)(=O)O)(c3ccc(Cl)c(Cl)c3)C2)cc(OC)c1OC. The molecule has 1 N–H and O–H groups in total. The molecule has 0 spiro atoms. The van der Waals surface area contributed by atoms with Crippen molar-refractivity contribution in [3.8, 4) is 17.2 Å². The fourth-order valence-electron chi connectivity index (χ4n) is 4.63. The second kappa shape index (κ2) is 11.3. The van der Waals surface area contributed by atoms with Gasteiger partial charge in [-0.1, -0.05) is 29.3 Å². The molecule has 192 valence electrons. The van der Waals surface area contributed by atoms with Gasteiger partial charge in [0.15, 0.2) is 17.3 Å². The van der Waals surface area contributed by atoms with Crippen LogP contribution in [0.4, 0.5) is 0 Å². The summed E-state index contributed by atoms with van der Waals surface area (Å²) >= 11 is 12.4. The second-order valence-electron chi connectivity index (χ2n) is 8.60. The van der Waals surface area contributed by atoms with Gasteiger partial charge in [0.1, 0.15) is 0 Å². The lowest BCUT2D eigenvalue weighted by Gasteiger charge is -2.30. The number of likely N-dealkylation sites (tertiary alicyclic amines) is 1. The molecule has 1 fully saturated rings. The maximum atomic E-state index is 13.2. The largest absolute Gasteiger partial charge is 0.493 e. The third kappa shape index (κ3) is 6.59. The number of methoxy groups -OCH3 is 3. The molecule has 1 unspecified atom stereocenters. The molecule has 1 heterocycles. The predicted octanol–water partition coefficient (Wildman–Crippen LogP) is 4.51. The number of Topliss-reactive ketones (excluding diaryl/α,β-unsaturated/α-hetero) is 1. The van der Waals surface area contributed by atoms with Gasteiger partial charge in [-0.3, -0.25) is 14.2 Å². The molecule has 0 aliphatic carbocycles. The minimum absolute atomic E-state index is 0.118. The van der Waals surface area contributed by atoms with E-state index in [0.29, 0.717) is 58.8 Å². The van der Waals surface area contributed by atoms with Crippen LogP contribution in [0.25, 0.3) is 0 Å². The number of carbonyl (C=O) groups excluding carboxylic acids is 1. The highest BCUT2D eigenvalue weighted by molar-refractivity contribution is 7.85. The average Bonchev–Trinajstić information content (AvgIpc) is 3.22. The van der Waals surface area contributed by atoms with Gasteiger partial charge in [-0.2, -0.15) is 8.42 Å². The highest BCUT2D eigenvalue weighted by Crippen LogP contribution is 2.42. The Balaban J connectivity index is 1.83. The van der Waals surface area contributed by atoms with E-state index in [1.165, 1.54) is 21.3 Å². The molecule has 0 saturated carbocycles. The first-order valence-corrected chi connectivity index (χ1v) is 13.3. The zero-order valence-corrected chi connectivity index (χ0v) is 22.2. The maximum Gasteiger partial charge on any atom is 0.264 e. The molecule has 3 rings (SSSR count). The number of hydrogen-bond acceptors (Lipinski definition) is 7. The highest BCUT2D eigenvalue weighted by atomic mass is 35.5. The first kappa shape index (κ1) is 27.5. The summed E-state index contributed by atoms with van der Waals surface area (Å²) in [5, 5.41) is 0.834. The second-order valence-corrected chi connectivity index (χ2v) is 11.0. The molecular weight excluding hydrogens is 517 g/mol. The molecule has 11 heteroatoms. The summed E-state index contributed by atoms with van der Waals surface area (Å²) in [6.45, 7) is 1.30. The Morgan fingerprint density at radius 1 is 1.06 bits per heavy atom. The first-order valence-electron chi connectivity index (χ1n) is 11.0. The van der Waals surface area contributed by atoms with Crippen LogP contribution < -0.4 is 14.2 Å². The van der Waals surface area contributed by atoms with Gasteiger partial charge in [-0.05, 0) is 55.6 Å². The van der Waals surface area contributed by atoms with E-state index in [1.807, 2.05) is 11.0 Å². The number of ether oxygens (including phenoxy) is 3. The van der Waals surface area contributed by atoms with Gasteiger partial charge < -0.3 is 14.2 Å². The van der Waals surface area contributed by atoms with Crippen LogP contribution >= 0.6 is 23.2 Å². The summed E-state index contributed by atoms with van der Waals surface area (Å²) in [5.41, 5.74) is 0.914. The molecule has 0 amide bonds. The van der Waals surface area contributed by atoms with Crippen LogP contribution in [-0.4, -0.2) is 70.4 Å². The number of ketones is 1. The molecule has 2 aromatic carbocycles. The summed E-state index contributed by atoms with van der Waals surface area (Å²) < 4.78 is 47.8. The summed E-state index contributed by atoms with van der Waals surface area (Å²) in [6, 6.07) is 8.64. The van der Waals surface area contributed by atoms with Crippen molar-refractivity contribution in [1.82, 2.24) is 4.90 Å². The summed E-state index contributed by atoms with van der Waals surface area (Å²) in [5.74, 6) is 0.747. The number of halogens is 2. The molecule has 8 nitrogen and oxygen atoms in total. The van der Waals surface area contributed by atoms with Crippen molar-refractivity contribution < 1.29 is 32.0 Å². The third-order valence-electron chi connectivity index (χ3n) is 6.38. The minimum Gasteiger partial charge on any atom is -0.493 e. The van der Waals surface area contributed by atoms with Crippen LogP contribution in [0.15, 0.2) is 30.3 Å². The average molecular weight is 546 g/mol. The lowest BCUT2D eigenvalue weighted by molar-refractivity contribution is 0.0940. The van der Waals surface area contributed by atoms with Gasteiger partial charge in [0.25, 0.3) is 10.1 Å². The Labute approximate surface area is 215 Å². The third-order valence-corrected chi connectivity index (χ3v) is 7.92.